The van der Waals surface area contributed by atoms with Crippen LogP contribution in [0.15, 0.2) is 6.20 Å². The van der Waals surface area contributed by atoms with Crippen molar-refractivity contribution in [3.63, 3.8) is 0 Å². The minimum absolute atomic E-state index is 0.256. The zero-order valence-electron chi connectivity index (χ0n) is 11.3. The fourth-order valence-electron chi connectivity index (χ4n) is 2.04. The topological polar surface area (TPSA) is 59.1 Å². The van der Waals surface area contributed by atoms with Crippen LogP contribution in [0.25, 0.3) is 0 Å². The molecule has 0 saturated carbocycles. The van der Waals surface area contributed by atoms with Gasteiger partial charge in [0.2, 0.25) is 5.95 Å². The highest BCUT2D eigenvalue weighted by Gasteiger charge is 2.15. The summed E-state index contributed by atoms with van der Waals surface area (Å²) in [5.74, 6) is 0.295. The van der Waals surface area contributed by atoms with Gasteiger partial charge in [-0.15, -0.1) is 0 Å². The Kier molecular flexibility index (Phi) is 5.32. The molecule has 0 spiro atoms. The number of hydrogen-bond donors (Lipinski definition) is 2. The van der Waals surface area contributed by atoms with Crippen molar-refractivity contribution in [1.29, 1.82) is 0 Å². The summed E-state index contributed by atoms with van der Waals surface area (Å²) >= 11 is 0. The van der Waals surface area contributed by atoms with Crippen LogP contribution in [0, 0.1) is 5.82 Å². The van der Waals surface area contributed by atoms with E-state index in [1.165, 1.54) is 6.20 Å². The summed E-state index contributed by atoms with van der Waals surface area (Å²) in [6.07, 6.45) is 5.56. The number of rotatable bonds is 7. The second kappa shape index (κ2) is 7.23. The molecule has 2 heterocycles. The molecule has 1 atom stereocenters. The maximum Gasteiger partial charge on any atom is 0.224 e. The Morgan fingerprint density at radius 3 is 3.05 bits per heavy atom. The van der Waals surface area contributed by atoms with Crippen LogP contribution in [0.5, 0.6) is 0 Å². The lowest BCUT2D eigenvalue weighted by Crippen LogP contribution is -2.15. The largest absolute Gasteiger partial charge is 0.378 e. The Morgan fingerprint density at radius 1 is 1.42 bits per heavy atom. The van der Waals surface area contributed by atoms with E-state index in [4.69, 9.17) is 4.74 Å². The third-order valence-corrected chi connectivity index (χ3v) is 3.06. The first kappa shape index (κ1) is 14.0. The van der Waals surface area contributed by atoms with Gasteiger partial charge in [0.25, 0.3) is 0 Å². The first-order valence-electron chi connectivity index (χ1n) is 6.91. The van der Waals surface area contributed by atoms with E-state index in [2.05, 4.69) is 27.5 Å². The van der Waals surface area contributed by atoms with E-state index in [0.29, 0.717) is 18.6 Å². The molecule has 2 N–H and O–H groups in total. The van der Waals surface area contributed by atoms with Crippen LogP contribution < -0.4 is 10.6 Å². The van der Waals surface area contributed by atoms with Crippen LogP contribution in [0.2, 0.25) is 0 Å². The van der Waals surface area contributed by atoms with E-state index in [1.807, 2.05) is 0 Å². The molecule has 1 aromatic rings. The maximum absolute atomic E-state index is 13.5. The molecule has 1 unspecified atom stereocenters. The Bertz CT molecular complexity index is 396. The molecule has 0 amide bonds. The molecule has 1 aliphatic heterocycles. The Hall–Kier alpha value is -1.43. The lowest BCUT2D eigenvalue weighted by atomic mass is 10.2. The number of anilines is 2. The van der Waals surface area contributed by atoms with Crippen LogP contribution in [0.3, 0.4) is 0 Å². The molecule has 1 fully saturated rings. The van der Waals surface area contributed by atoms with Crippen LogP contribution in [0.4, 0.5) is 16.2 Å². The number of halogens is 1. The van der Waals surface area contributed by atoms with Gasteiger partial charge in [-0.05, 0) is 25.7 Å². The van der Waals surface area contributed by atoms with Crippen molar-refractivity contribution in [1.82, 2.24) is 9.97 Å². The first-order chi connectivity index (χ1) is 9.29. The van der Waals surface area contributed by atoms with Gasteiger partial charge in [0.05, 0.1) is 12.3 Å². The van der Waals surface area contributed by atoms with E-state index in [-0.39, 0.29) is 5.82 Å². The van der Waals surface area contributed by atoms with E-state index in [0.717, 1.165) is 38.8 Å². The molecule has 6 heteroatoms. The Labute approximate surface area is 113 Å². The molecule has 1 aromatic heterocycles. The zero-order chi connectivity index (χ0) is 13.5. The average molecular weight is 268 g/mol. The lowest BCUT2D eigenvalue weighted by molar-refractivity contribution is 0.107. The van der Waals surface area contributed by atoms with Crippen molar-refractivity contribution in [2.45, 2.75) is 38.7 Å². The third kappa shape index (κ3) is 4.31. The standard InChI is InChI=1S/C13H21FN4O/c1-2-6-16-13-17-9-11(14)12(18-13)15-7-5-10-4-3-8-19-10/h9-10H,2-8H2,1H3,(H2,15,16,17,18). The smallest absolute Gasteiger partial charge is 0.224 e. The fraction of sp³-hybridized carbons (Fsp3) is 0.692. The number of hydrogen-bond acceptors (Lipinski definition) is 5. The molecule has 1 saturated heterocycles. The number of nitrogens with one attached hydrogen (secondary N) is 2. The number of nitrogens with zero attached hydrogens (tertiary/aromatic N) is 2. The SMILES string of the molecule is CCCNc1ncc(F)c(NCCC2CCCO2)n1. The van der Waals surface area contributed by atoms with Crippen molar-refractivity contribution in [2.24, 2.45) is 0 Å². The van der Waals surface area contributed by atoms with Crippen LogP contribution in [-0.4, -0.2) is 35.8 Å². The Morgan fingerprint density at radius 2 is 2.32 bits per heavy atom. The second-order valence-electron chi connectivity index (χ2n) is 4.67. The summed E-state index contributed by atoms with van der Waals surface area (Å²) in [7, 11) is 0. The first-order valence-corrected chi connectivity index (χ1v) is 6.91. The maximum atomic E-state index is 13.5. The van der Waals surface area contributed by atoms with Crippen molar-refractivity contribution < 1.29 is 9.13 Å². The van der Waals surface area contributed by atoms with Gasteiger partial charge in [-0.3, -0.25) is 0 Å². The van der Waals surface area contributed by atoms with Gasteiger partial charge in [-0.25, -0.2) is 9.37 Å². The lowest BCUT2D eigenvalue weighted by Gasteiger charge is -2.11. The van der Waals surface area contributed by atoms with Crippen LogP contribution in [-0.2, 0) is 4.74 Å². The predicted octanol–water partition coefficient (Wildman–Crippen LogP) is 2.42. The highest BCUT2D eigenvalue weighted by Crippen LogP contribution is 2.16. The summed E-state index contributed by atoms with van der Waals surface area (Å²) < 4.78 is 19.1. The van der Waals surface area contributed by atoms with Crippen LogP contribution in [0.1, 0.15) is 32.6 Å². The summed E-state index contributed by atoms with van der Waals surface area (Å²) in [5, 5.41) is 6.05. The molecule has 0 radical (unpaired) electrons. The van der Waals surface area contributed by atoms with Crippen molar-refractivity contribution in [3.05, 3.63) is 12.0 Å². The average Bonchev–Trinajstić information content (AvgIpc) is 2.92. The van der Waals surface area contributed by atoms with Gasteiger partial charge in [0, 0.05) is 19.7 Å². The van der Waals surface area contributed by atoms with Gasteiger partial charge in [0.15, 0.2) is 11.6 Å². The van der Waals surface area contributed by atoms with Crippen molar-refractivity contribution in [2.75, 3.05) is 30.3 Å². The molecule has 19 heavy (non-hydrogen) atoms. The molecule has 0 aliphatic carbocycles. The second-order valence-corrected chi connectivity index (χ2v) is 4.67. The third-order valence-electron chi connectivity index (χ3n) is 3.06. The monoisotopic (exact) mass is 268 g/mol. The van der Waals surface area contributed by atoms with Gasteiger partial charge < -0.3 is 15.4 Å². The normalized spacial score (nSPS) is 18.5. The quantitative estimate of drug-likeness (QED) is 0.795. The van der Waals surface area contributed by atoms with Crippen molar-refractivity contribution in [3.8, 4) is 0 Å². The highest BCUT2D eigenvalue weighted by atomic mass is 19.1. The summed E-state index contributed by atoms with van der Waals surface area (Å²) in [4.78, 5) is 8.02. The summed E-state index contributed by atoms with van der Waals surface area (Å²) in [5.41, 5.74) is 0. The minimum atomic E-state index is -0.422. The molecule has 0 aromatic carbocycles. The highest BCUT2D eigenvalue weighted by molar-refractivity contribution is 5.40. The molecular formula is C13H21FN4O. The van der Waals surface area contributed by atoms with Gasteiger partial charge in [-0.1, -0.05) is 6.92 Å². The number of aromatic nitrogens is 2. The fourth-order valence-corrected chi connectivity index (χ4v) is 2.04. The Balaban J connectivity index is 1.83. The van der Waals surface area contributed by atoms with E-state index in [1.54, 1.807) is 0 Å². The molecule has 1 aliphatic rings. The van der Waals surface area contributed by atoms with E-state index >= 15 is 0 Å². The summed E-state index contributed by atoms with van der Waals surface area (Å²) in [6, 6.07) is 0. The van der Waals surface area contributed by atoms with E-state index in [9.17, 15) is 4.39 Å². The van der Waals surface area contributed by atoms with Crippen LogP contribution >= 0.6 is 0 Å². The molecule has 106 valence electrons. The number of ether oxygens (including phenoxy) is 1. The molecule has 5 nitrogen and oxygen atoms in total. The predicted molar refractivity (Wildman–Crippen MR) is 72.9 cm³/mol. The minimum Gasteiger partial charge on any atom is -0.378 e. The molecular weight excluding hydrogens is 247 g/mol. The van der Waals surface area contributed by atoms with Gasteiger partial charge >= 0.3 is 0 Å². The van der Waals surface area contributed by atoms with Gasteiger partial charge in [-0.2, -0.15) is 4.98 Å². The zero-order valence-corrected chi connectivity index (χ0v) is 11.3. The van der Waals surface area contributed by atoms with Crippen molar-refractivity contribution >= 4 is 11.8 Å². The van der Waals surface area contributed by atoms with Gasteiger partial charge in [0.1, 0.15) is 0 Å². The molecule has 0 bridgehead atoms. The summed E-state index contributed by atoms with van der Waals surface area (Å²) in [6.45, 7) is 4.34. The van der Waals surface area contributed by atoms with E-state index < -0.39 is 5.82 Å². The molecule has 2 rings (SSSR count).